The zero-order valence-corrected chi connectivity index (χ0v) is 13.9. The van der Waals surface area contributed by atoms with Gasteiger partial charge in [0.2, 0.25) is 5.91 Å². The summed E-state index contributed by atoms with van der Waals surface area (Å²) in [7, 11) is 0. The fraction of sp³-hybridized carbons (Fsp3) is 0.263. The van der Waals surface area contributed by atoms with E-state index < -0.39 is 6.09 Å². The third-order valence-electron chi connectivity index (χ3n) is 3.27. The smallest absolute Gasteiger partial charge is 0.407 e. The zero-order chi connectivity index (χ0) is 17.7. The molecule has 0 radical (unpaired) electrons. The average Bonchev–Trinajstić information content (AvgIpc) is 2.65. The molecule has 2 N–H and O–H groups in total. The maximum Gasteiger partial charge on any atom is 0.407 e. The Morgan fingerprint density at radius 1 is 0.840 bits per heavy atom. The maximum atomic E-state index is 11.7. The number of hydrogen-bond donors (Lipinski definition) is 2. The van der Waals surface area contributed by atoms with Gasteiger partial charge in [-0.25, -0.2) is 4.79 Å². The molecule has 2 aromatic carbocycles. The van der Waals surface area contributed by atoms with Crippen LogP contribution in [0, 0.1) is 0 Å². The van der Waals surface area contributed by atoms with Crippen LogP contribution in [0.25, 0.3) is 0 Å². The van der Waals surface area contributed by atoms with Crippen molar-refractivity contribution in [3.05, 3.63) is 66.2 Å². The first kappa shape index (κ1) is 18.3. The minimum absolute atomic E-state index is 0.129. The zero-order valence-electron chi connectivity index (χ0n) is 13.9. The molecule has 0 aliphatic heterocycles. The maximum absolute atomic E-state index is 11.7. The fourth-order valence-corrected chi connectivity index (χ4v) is 2.01. The normalized spacial score (nSPS) is 9.92. The van der Waals surface area contributed by atoms with E-state index in [1.807, 2.05) is 60.7 Å². The van der Waals surface area contributed by atoms with E-state index in [1.54, 1.807) is 0 Å². The van der Waals surface area contributed by atoms with Gasteiger partial charge in [0.25, 0.3) is 0 Å². The lowest BCUT2D eigenvalue weighted by Crippen LogP contribution is -2.35. The van der Waals surface area contributed by atoms with E-state index in [0.717, 1.165) is 11.3 Å². The molecular formula is C19H22N2O4. The Labute approximate surface area is 147 Å². The molecule has 0 aliphatic carbocycles. The van der Waals surface area contributed by atoms with Gasteiger partial charge in [0.1, 0.15) is 12.4 Å². The first-order valence-corrected chi connectivity index (χ1v) is 8.13. The van der Waals surface area contributed by atoms with Gasteiger partial charge in [0.15, 0.2) is 0 Å². The lowest BCUT2D eigenvalue weighted by molar-refractivity contribution is -0.121. The number of ether oxygens (including phenoxy) is 2. The molecule has 25 heavy (non-hydrogen) atoms. The predicted octanol–water partition coefficient (Wildman–Crippen LogP) is 2.50. The van der Waals surface area contributed by atoms with Crippen LogP contribution >= 0.6 is 0 Å². The molecule has 0 fully saturated rings. The molecule has 6 nitrogen and oxygen atoms in total. The molecule has 0 unspecified atom stereocenters. The Hall–Kier alpha value is -3.02. The highest BCUT2D eigenvalue weighted by Crippen LogP contribution is 2.08. The van der Waals surface area contributed by atoms with Crippen LogP contribution in [0.1, 0.15) is 12.0 Å². The van der Waals surface area contributed by atoms with Crippen molar-refractivity contribution in [2.24, 2.45) is 0 Å². The van der Waals surface area contributed by atoms with Gasteiger partial charge in [0.05, 0.1) is 13.0 Å². The van der Waals surface area contributed by atoms with Gasteiger partial charge >= 0.3 is 6.09 Å². The van der Waals surface area contributed by atoms with Gasteiger partial charge in [-0.05, 0) is 17.7 Å². The fourth-order valence-electron chi connectivity index (χ4n) is 2.01. The Bertz CT molecular complexity index is 647. The molecule has 2 amide bonds. The van der Waals surface area contributed by atoms with Crippen LogP contribution < -0.4 is 15.4 Å². The van der Waals surface area contributed by atoms with Crippen molar-refractivity contribution in [2.45, 2.75) is 13.0 Å². The summed E-state index contributed by atoms with van der Waals surface area (Å²) in [5.74, 6) is 0.605. The molecule has 6 heteroatoms. The van der Waals surface area contributed by atoms with Crippen molar-refractivity contribution < 1.29 is 19.1 Å². The molecule has 2 aromatic rings. The van der Waals surface area contributed by atoms with Crippen LogP contribution in [0.3, 0.4) is 0 Å². The molecule has 0 aliphatic rings. The van der Waals surface area contributed by atoms with Crippen LogP contribution in [0.15, 0.2) is 60.7 Å². The van der Waals surface area contributed by atoms with Crippen molar-refractivity contribution >= 4 is 12.0 Å². The number of benzene rings is 2. The first-order chi connectivity index (χ1) is 12.2. The van der Waals surface area contributed by atoms with Crippen molar-refractivity contribution in [3.8, 4) is 5.75 Å². The van der Waals surface area contributed by atoms with Crippen molar-refractivity contribution in [1.29, 1.82) is 0 Å². The van der Waals surface area contributed by atoms with E-state index >= 15 is 0 Å². The lowest BCUT2D eigenvalue weighted by atomic mass is 10.2. The third kappa shape index (κ3) is 7.87. The Morgan fingerprint density at radius 3 is 2.20 bits per heavy atom. The Kier molecular flexibility index (Phi) is 7.84. The van der Waals surface area contributed by atoms with Crippen molar-refractivity contribution in [2.75, 3.05) is 19.7 Å². The van der Waals surface area contributed by atoms with E-state index in [0.29, 0.717) is 19.7 Å². The molecule has 0 bridgehead atoms. The molecular weight excluding hydrogens is 320 g/mol. The molecule has 0 atom stereocenters. The summed E-state index contributed by atoms with van der Waals surface area (Å²) in [5.41, 5.74) is 0.921. The number of para-hydroxylation sites is 1. The first-order valence-electron chi connectivity index (χ1n) is 8.13. The highest BCUT2D eigenvalue weighted by atomic mass is 16.5. The number of hydrogen-bond acceptors (Lipinski definition) is 4. The second-order valence-electron chi connectivity index (χ2n) is 5.25. The van der Waals surface area contributed by atoms with Crippen molar-refractivity contribution in [3.63, 3.8) is 0 Å². The van der Waals surface area contributed by atoms with E-state index in [2.05, 4.69) is 10.6 Å². The highest BCUT2D eigenvalue weighted by molar-refractivity contribution is 5.76. The topological polar surface area (TPSA) is 76.7 Å². The number of rotatable bonds is 9. The number of nitrogens with one attached hydrogen (secondary N) is 2. The summed E-state index contributed by atoms with van der Waals surface area (Å²) in [5, 5.41) is 5.29. The molecule has 0 spiro atoms. The van der Waals surface area contributed by atoms with Crippen LogP contribution in [-0.2, 0) is 16.1 Å². The summed E-state index contributed by atoms with van der Waals surface area (Å²) >= 11 is 0. The van der Waals surface area contributed by atoms with Crippen molar-refractivity contribution in [1.82, 2.24) is 10.6 Å². The Balaban J connectivity index is 1.49. The monoisotopic (exact) mass is 342 g/mol. The third-order valence-corrected chi connectivity index (χ3v) is 3.27. The van der Waals surface area contributed by atoms with E-state index in [-0.39, 0.29) is 18.9 Å². The largest absolute Gasteiger partial charge is 0.493 e. The van der Waals surface area contributed by atoms with Crippen LogP contribution in [0.4, 0.5) is 4.79 Å². The average molecular weight is 342 g/mol. The van der Waals surface area contributed by atoms with Gasteiger partial charge in [-0.2, -0.15) is 0 Å². The lowest BCUT2D eigenvalue weighted by Gasteiger charge is -2.09. The minimum Gasteiger partial charge on any atom is -0.493 e. The second-order valence-corrected chi connectivity index (χ2v) is 5.25. The minimum atomic E-state index is -0.509. The molecule has 0 saturated carbocycles. The predicted molar refractivity (Wildman–Crippen MR) is 94.2 cm³/mol. The highest BCUT2D eigenvalue weighted by Gasteiger charge is 2.04. The van der Waals surface area contributed by atoms with Crippen LogP contribution in [-0.4, -0.2) is 31.7 Å². The van der Waals surface area contributed by atoms with Gasteiger partial charge in [-0.15, -0.1) is 0 Å². The van der Waals surface area contributed by atoms with Gasteiger partial charge in [-0.3, -0.25) is 4.79 Å². The summed E-state index contributed by atoms with van der Waals surface area (Å²) in [6, 6.07) is 18.7. The summed E-state index contributed by atoms with van der Waals surface area (Å²) in [6.45, 7) is 1.17. The number of alkyl carbamates (subject to hydrolysis) is 1. The molecule has 2 rings (SSSR count). The van der Waals surface area contributed by atoms with Gasteiger partial charge in [-0.1, -0.05) is 48.5 Å². The quantitative estimate of drug-likeness (QED) is 0.687. The summed E-state index contributed by atoms with van der Waals surface area (Å²) < 4.78 is 10.5. The standard InChI is InChI=1S/C19H22N2O4/c22-18(11-14-24-17-9-5-2-6-10-17)20-12-13-21-19(23)25-15-16-7-3-1-4-8-16/h1-10H,11-15H2,(H,20,22)(H,21,23). The van der Waals surface area contributed by atoms with Crippen LogP contribution in [0.2, 0.25) is 0 Å². The summed E-state index contributed by atoms with van der Waals surface area (Å²) in [6.07, 6.45) is -0.251. The number of carbonyl (C=O) groups is 2. The molecule has 132 valence electrons. The number of carbonyl (C=O) groups excluding carboxylic acids is 2. The molecule has 0 aromatic heterocycles. The number of amides is 2. The van der Waals surface area contributed by atoms with E-state index in [9.17, 15) is 9.59 Å². The van der Waals surface area contributed by atoms with E-state index in [4.69, 9.17) is 9.47 Å². The second kappa shape index (κ2) is 10.7. The summed E-state index contributed by atoms with van der Waals surface area (Å²) in [4.78, 5) is 23.2. The van der Waals surface area contributed by atoms with Gasteiger partial charge < -0.3 is 20.1 Å². The molecule has 0 saturated heterocycles. The Morgan fingerprint density at radius 2 is 1.48 bits per heavy atom. The van der Waals surface area contributed by atoms with Crippen LogP contribution in [0.5, 0.6) is 5.75 Å². The SMILES string of the molecule is O=C(CCOc1ccccc1)NCCNC(=O)OCc1ccccc1. The molecule has 0 heterocycles. The van der Waals surface area contributed by atoms with E-state index in [1.165, 1.54) is 0 Å². The van der Waals surface area contributed by atoms with Gasteiger partial charge in [0, 0.05) is 13.1 Å².